The second-order valence-corrected chi connectivity index (χ2v) is 16.2. The van der Waals surface area contributed by atoms with Gasteiger partial charge in [0.15, 0.2) is 6.40 Å². The first-order valence-electron chi connectivity index (χ1n) is 6.84. The summed E-state index contributed by atoms with van der Waals surface area (Å²) in [6, 6.07) is 3.99. The Bertz CT molecular complexity index is 264. The Morgan fingerprint density at radius 1 is 1.18 bits per heavy atom. The number of ether oxygens (including phenoxy) is 1. The monoisotopic (exact) mass is 272 g/mol. The summed E-state index contributed by atoms with van der Waals surface area (Å²) in [6.07, 6.45) is 1.95. The highest BCUT2D eigenvalue weighted by Crippen LogP contribution is 2.33. The molecule has 0 N–H and O–H groups in total. The van der Waals surface area contributed by atoms with Gasteiger partial charge in [-0.3, -0.25) is 0 Å². The Morgan fingerprint density at radius 3 is 2.00 bits per heavy atom. The Balaban J connectivity index is 3.07. The molecule has 0 spiro atoms. The summed E-state index contributed by atoms with van der Waals surface area (Å²) in [6.45, 7) is 15.2. The molecular weight excluding hydrogens is 244 g/mol. The van der Waals surface area contributed by atoms with Gasteiger partial charge in [-0.05, 0) is 18.1 Å². The lowest BCUT2D eigenvalue weighted by Crippen LogP contribution is -2.66. The first-order chi connectivity index (χ1) is 7.91. The largest absolute Gasteiger partial charge is 0.480 e. The van der Waals surface area contributed by atoms with Gasteiger partial charge < -0.3 is 8.97 Å². The maximum Gasteiger partial charge on any atom is 0.171 e. The van der Waals surface area contributed by atoms with Gasteiger partial charge in [0.05, 0.1) is 0 Å². The fraction of sp³-hybridized carbons (Fsp3) is 0.917. The highest BCUT2D eigenvalue weighted by Gasteiger charge is 2.45. The third-order valence-corrected chi connectivity index (χ3v) is 14.5. The van der Waals surface area contributed by atoms with E-state index in [1.54, 1.807) is 6.40 Å². The minimum absolute atomic E-state index is 0.299. The predicted molar refractivity (Wildman–Crippen MR) is 80.6 cm³/mol. The van der Waals surface area contributed by atoms with Gasteiger partial charge in [-0.25, -0.2) is 4.99 Å². The smallest absolute Gasteiger partial charge is 0.171 e. The second-order valence-electron chi connectivity index (χ2n) is 5.89. The van der Waals surface area contributed by atoms with E-state index in [9.17, 15) is 0 Å². The Kier molecular flexibility index (Phi) is 4.98. The topological polar surface area (TPSA) is 24.8 Å². The van der Waals surface area contributed by atoms with Crippen molar-refractivity contribution in [2.24, 2.45) is 4.99 Å². The molecule has 0 saturated carbocycles. The van der Waals surface area contributed by atoms with E-state index in [0.717, 1.165) is 6.61 Å². The molecule has 3 nitrogen and oxygen atoms in total. The summed E-state index contributed by atoms with van der Waals surface area (Å²) >= 11 is 0. The van der Waals surface area contributed by atoms with E-state index in [4.69, 9.17) is 4.74 Å². The van der Waals surface area contributed by atoms with Crippen LogP contribution in [0.25, 0.3) is 0 Å². The van der Waals surface area contributed by atoms with Crippen LogP contribution in [0.4, 0.5) is 0 Å². The molecule has 100 valence electrons. The van der Waals surface area contributed by atoms with Crippen molar-refractivity contribution >= 4 is 22.9 Å². The van der Waals surface area contributed by atoms with Crippen molar-refractivity contribution in [3.05, 3.63) is 0 Å². The molecule has 0 bridgehead atoms. The molecule has 0 saturated heterocycles. The molecule has 0 aromatic carbocycles. The van der Waals surface area contributed by atoms with Gasteiger partial charge in [0.25, 0.3) is 0 Å². The van der Waals surface area contributed by atoms with Crippen LogP contribution >= 0.6 is 0 Å². The van der Waals surface area contributed by atoms with Gasteiger partial charge in [0.2, 0.25) is 0 Å². The minimum Gasteiger partial charge on any atom is -0.480 e. The highest BCUT2D eigenvalue weighted by atomic mass is 28.4. The molecule has 0 aromatic heterocycles. The Labute approximate surface area is 108 Å². The normalized spacial score (nSPS) is 21.0. The van der Waals surface area contributed by atoms with E-state index in [-0.39, 0.29) is 0 Å². The molecule has 17 heavy (non-hydrogen) atoms. The first-order valence-corrected chi connectivity index (χ1v) is 12.9. The molecule has 1 heterocycles. The molecule has 0 radical (unpaired) electrons. The summed E-state index contributed by atoms with van der Waals surface area (Å²) < 4.78 is 8.21. The van der Waals surface area contributed by atoms with Crippen molar-refractivity contribution in [1.82, 2.24) is 4.23 Å². The molecular formula is C12H28N2OSi2. The molecule has 1 aliphatic heterocycles. The van der Waals surface area contributed by atoms with Crippen molar-refractivity contribution in [2.45, 2.75) is 64.7 Å². The van der Waals surface area contributed by atoms with Crippen LogP contribution in [0.2, 0.25) is 37.8 Å². The standard InChI is InChI=1S/C12H28N2OSi2/c1-7-17(8-2,9-3)14(16(4,5)6)12-10-15-11-13-12/h11-12H,7-10H2,1-6H3. The van der Waals surface area contributed by atoms with Crippen molar-refractivity contribution in [3.8, 4) is 0 Å². The van der Waals surface area contributed by atoms with Crippen LogP contribution in [-0.2, 0) is 4.74 Å². The number of nitrogens with zero attached hydrogens (tertiary/aromatic N) is 2. The minimum atomic E-state index is -1.35. The van der Waals surface area contributed by atoms with Gasteiger partial charge in [-0.15, -0.1) is 0 Å². The molecule has 1 aliphatic rings. The molecule has 1 atom stereocenters. The molecule has 0 fully saturated rings. The average molecular weight is 273 g/mol. The van der Waals surface area contributed by atoms with E-state index in [1.165, 1.54) is 18.1 Å². The summed E-state index contributed by atoms with van der Waals surface area (Å²) in [5.74, 6) is 0. The number of rotatable bonds is 6. The van der Waals surface area contributed by atoms with Crippen LogP contribution in [0.3, 0.4) is 0 Å². The zero-order valence-corrected chi connectivity index (χ0v) is 14.3. The maximum atomic E-state index is 5.37. The first kappa shape index (κ1) is 14.9. The van der Waals surface area contributed by atoms with Gasteiger partial charge in [0.1, 0.15) is 29.2 Å². The lowest BCUT2D eigenvalue weighted by molar-refractivity contribution is 0.281. The van der Waals surface area contributed by atoms with Gasteiger partial charge in [0, 0.05) is 0 Å². The Morgan fingerprint density at radius 2 is 1.71 bits per heavy atom. The third kappa shape index (κ3) is 3.00. The van der Waals surface area contributed by atoms with Crippen LogP contribution in [0.5, 0.6) is 0 Å². The zero-order chi connectivity index (χ0) is 13.1. The molecule has 5 heteroatoms. The van der Waals surface area contributed by atoms with E-state index >= 15 is 0 Å². The SMILES string of the molecule is CC[Si](CC)(CC)N(C1COC=N1)[Si](C)(C)C. The lowest BCUT2D eigenvalue weighted by atomic mass is 10.6. The van der Waals surface area contributed by atoms with E-state index in [1.807, 2.05) is 0 Å². The van der Waals surface area contributed by atoms with E-state index in [2.05, 4.69) is 49.6 Å². The lowest BCUT2D eigenvalue weighted by Gasteiger charge is -2.50. The summed E-state index contributed by atoms with van der Waals surface area (Å²) in [4.78, 5) is 4.56. The molecule has 1 unspecified atom stereocenters. The van der Waals surface area contributed by atoms with Crippen LogP contribution in [0.1, 0.15) is 20.8 Å². The van der Waals surface area contributed by atoms with Gasteiger partial charge in [-0.1, -0.05) is 40.4 Å². The molecule has 0 amide bonds. The van der Waals surface area contributed by atoms with Crippen LogP contribution in [0.15, 0.2) is 4.99 Å². The van der Waals surface area contributed by atoms with Crippen molar-refractivity contribution in [1.29, 1.82) is 0 Å². The molecule has 0 aromatic rings. The van der Waals surface area contributed by atoms with Crippen LogP contribution in [0, 0.1) is 0 Å². The zero-order valence-electron chi connectivity index (χ0n) is 12.3. The fourth-order valence-corrected chi connectivity index (χ4v) is 14.6. The van der Waals surface area contributed by atoms with E-state index in [0.29, 0.717) is 6.17 Å². The van der Waals surface area contributed by atoms with Crippen molar-refractivity contribution in [3.63, 3.8) is 0 Å². The number of aliphatic imine (C=N–C) groups is 1. The van der Waals surface area contributed by atoms with Crippen LogP contribution < -0.4 is 0 Å². The Hall–Kier alpha value is -0.136. The van der Waals surface area contributed by atoms with Crippen molar-refractivity contribution in [2.75, 3.05) is 6.61 Å². The highest BCUT2D eigenvalue weighted by molar-refractivity contribution is 6.91. The summed E-state index contributed by atoms with van der Waals surface area (Å²) in [7, 11) is -2.69. The molecule has 1 rings (SSSR count). The van der Waals surface area contributed by atoms with E-state index < -0.39 is 16.5 Å². The fourth-order valence-electron chi connectivity index (χ4n) is 3.16. The van der Waals surface area contributed by atoms with Crippen LogP contribution in [-0.4, -0.2) is 39.9 Å². The summed E-state index contributed by atoms with van der Waals surface area (Å²) in [5.41, 5.74) is 0. The van der Waals surface area contributed by atoms with Crippen molar-refractivity contribution < 1.29 is 4.74 Å². The third-order valence-electron chi connectivity index (χ3n) is 4.06. The summed E-state index contributed by atoms with van der Waals surface area (Å²) in [5, 5.41) is 0. The average Bonchev–Trinajstić information content (AvgIpc) is 2.77. The second kappa shape index (κ2) is 5.67. The molecule has 0 aliphatic carbocycles. The predicted octanol–water partition coefficient (Wildman–Crippen LogP) is 3.51. The maximum absolute atomic E-state index is 5.37. The van der Waals surface area contributed by atoms with Gasteiger partial charge in [-0.2, -0.15) is 0 Å². The number of hydrogen-bond acceptors (Lipinski definition) is 3. The number of hydrogen-bond donors (Lipinski definition) is 0. The quantitative estimate of drug-likeness (QED) is 0.691. The van der Waals surface area contributed by atoms with Gasteiger partial charge >= 0.3 is 0 Å².